The molecule has 5 rings (SSSR count). The average molecular weight is 441 g/mol. The van der Waals surface area contributed by atoms with Gasteiger partial charge in [0.1, 0.15) is 0 Å². The highest BCUT2D eigenvalue weighted by Gasteiger charge is 2.40. The Morgan fingerprint density at radius 1 is 1.06 bits per heavy atom. The number of aryl methyl sites for hydroxylation is 1. The van der Waals surface area contributed by atoms with Gasteiger partial charge in [0.25, 0.3) is 0 Å². The minimum Gasteiger partial charge on any atom is -0.372 e. The first-order valence-electron chi connectivity index (χ1n) is 11.8. The molecular weight excluding hydrogens is 408 g/mol. The quantitative estimate of drug-likeness (QED) is 0.706. The third kappa shape index (κ3) is 4.66. The highest BCUT2D eigenvalue weighted by atomic mass is 16.7. The van der Waals surface area contributed by atoms with Crippen molar-refractivity contribution >= 4 is 11.6 Å². The Balaban J connectivity index is 1.12. The maximum absolute atomic E-state index is 12.6. The summed E-state index contributed by atoms with van der Waals surface area (Å²) in [4.78, 5) is 21.4. The van der Waals surface area contributed by atoms with E-state index in [-0.39, 0.29) is 5.91 Å². The number of piperidine rings is 2. The number of carbonyl (C=O) groups is 1. The Bertz CT molecular complexity index is 904. The van der Waals surface area contributed by atoms with E-state index in [2.05, 4.69) is 34.1 Å². The Hall–Kier alpha value is -2.45. The van der Waals surface area contributed by atoms with E-state index in [0.717, 1.165) is 37.4 Å². The van der Waals surface area contributed by atoms with Crippen molar-refractivity contribution in [3.05, 3.63) is 30.2 Å². The van der Waals surface area contributed by atoms with Gasteiger partial charge in [-0.05, 0) is 43.0 Å². The summed E-state index contributed by atoms with van der Waals surface area (Å²) in [6.45, 7) is 7.16. The molecule has 1 aromatic carbocycles. The Morgan fingerprint density at radius 3 is 2.44 bits per heavy atom. The molecule has 0 aliphatic carbocycles. The van der Waals surface area contributed by atoms with E-state index in [1.165, 1.54) is 18.5 Å². The molecule has 0 radical (unpaired) electrons. The van der Waals surface area contributed by atoms with Crippen molar-refractivity contribution in [2.75, 3.05) is 44.3 Å². The number of nitrogens with zero attached hydrogens (tertiary/aromatic N) is 4. The number of aromatic nitrogens is 2. The van der Waals surface area contributed by atoms with Crippen LogP contribution in [-0.2, 0) is 20.7 Å². The van der Waals surface area contributed by atoms with Gasteiger partial charge in [-0.3, -0.25) is 4.79 Å². The number of benzene rings is 1. The van der Waals surface area contributed by atoms with Gasteiger partial charge in [-0.2, -0.15) is 4.98 Å². The SMILES string of the molecule is CC1CCN(c2ccc(-c3noc(CCC(=O)N4CCC5(CC4)OCCO5)n3)cc2)CC1. The minimum atomic E-state index is -0.458. The maximum atomic E-state index is 12.6. The molecule has 3 aliphatic heterocycles. The molecule has 0 unspecified atom stereocenters. The highest BCUT2D eigenvalue weighted by Crippen LogP contribution is 2.31. The van der Waals surface area contributed by atoms with Gasteiger partial charge >= 0.3 is 0 Å². The zero-order valence-electron chi connectivity index (χ0n) is 18.8. The molecule has 1 aromatic heterocycles. The van der Waals surface area contributed by atoms with Crippen LogP contribution in [0.5, 0.6) is 0 Å². The van der Waals surface area contributed by atoms with Crippen LogP contribution in [-0.4, -0.2) is 66.1 Å². The van der Waals surface area contributed by atoms with Crippen molar-refractivity contribution in [2.24, 2.45) is 5.92 Å². The molecule has 0 N–H and O–H groups in total. The van der Waals surface area contributed by atoms with Gasteiger partial charge in [0.15, 0.2) is 5.79 Å². The number of anilines is 1. The number of amides is 1. The predicted molar refractivity (Wildman–Crippen MR) is 119 cm³/mol. The Morgan fingerprint density at radius 2 is 1.75 bits per heavy atom. The summed E-state index contributed by atoms with van der Waals surface area (Å²) in [5, 5.41) is 4.12. The van der Waals surface area contributed by atoms with Gasteiger partial charge in [0.2, 0.25) is 17.6 Å². The van der Waals surface area contributed by atoms with E-state index in [1.54, 1.807) is 0 Å². The van der Waals surface area contributed by atoms with Crippen LogP contribution in [0.1, 0.15) is 44.9 Å². The van der Waals surface area contributed by atoms with Crippen LogP contribution in [0, 0.1) is 5.92 Å². The molecule has 172 valence electrons. The van der Waals surface area contributed by atoms with Crippen molar-refractivity contribution in [1.82, 2.24) is 15.0 Å². The fraction of sp³-hybridized carbons (Fsp3) is 0.625. The van der Waals surface area contributed by atoms with Gasteiger partial charge < -0.3 is 23.8 Å². The number of likely N-dealkylation sites (tertiary alicyclic amines) is 1. The molecule has 3 fully saturated rings. The highest BCUT2D eigenvalue weighted by molar-refractivity contribution is 5.76. The summed E-state index contributed by atoms with van der Waals surface area (Å²) in [6, 6.07) is 8.35. The smallest absolute Gasteiger partial charge is 0.227 e. The molecule has 3 saturated heterocycles. The van der Waals surface area contributed by atoms with Gasteiger partial charge in [-0.25, -0.2) is 0 Å². The van der Waals surface area contributed by atoms with E-state index in [1.807, 2.05) is 17.0 Å². The monoisotopic (exact) mass is 440 g/mol. The third-order valence-corrected chi connectivity index (χ3v) is 6.99. The number of hydrogen-bond donors (Lipinski definition) is 0. The lowest BCUT2D eigenvalue weighted by Crippen LogP contribution is -2.47. The molecule has 2 aromatic rings. The van der Waals surface area contributed by atoms with Crippen molar-refractivity contribution in [1.29, 1.82) is 0 Å². The summed E-state index contributed by atoms with van der Waals surface area (Å²) < 4.78 is 16.9. The van der Waals surface area contributed by atoms with Crippen molar-refractivity contribution < 1.29 is 18.8 Å². The van der Waals surface area contributed by atoms with Gasteiger partial charge in [-0.15, -0.1) is 0 Å². The fourth-order valence-corrected chi connectivity index (χ4v) is 4.82. The van der Waals surface area contributed by atoms with Crippen molar-refractivity contribution in [3.63, 3.8) is 0 Å². The van der Waals surface area contributed by atoms with Crippen LogP contribution in [0.15, 0.2) is 28.8 Å². The van der Waals surface area contributed by atoms with E-state index in [9.17, 15) is 4.79 Å². The van der Waals surface area contributed by atoms with Crippen LogP contribution in [0.4, 0.5) is 5.69 Å². The zero-order chi connectivity index (χ0) is 22.0. The lowest BCUT2D eigenvalue weighted by atomic mass is 9.98. The van der Waals surface area contributed by atoms with Crippen LogP contribution < -0.4 is 4.90 Å². The third-order valence-electron chi connectivity index (χ3n) is 6.99. The maximum Gasteiger partial charge on any atom is 0.227 e. The van der Waals surface area contributed by atoms with Gasteiger partial charge in [0.05, 0.1) is 13.2 Å². The Kier molecular flexibility index (Phi) is 6.15. The first-order chi connectivity index (χ1) is 15.6. The zero-order valence-corrected chi connectivity index (χ0v) is 18.8. The van der Waals surface area contributed by atoms with Gasteiger partial charge in [0, 0.05) is 63.1 Å². The second-order valence-electron chi connectivity index (χ2n) is 9.22. The normalized spacial score (nSPS) is 21.4. The topological polar surface area (TPSA) is 80.9 Å². The summed E-state index contributed by atoms with van der Waals surface area (Å²) >= 11 is 0. The average Bonchev–Trinajstić information content (AvgIpc) is 3.49. The molecule has 4 heterocycles. The van der Waals surface area contributed by atoms with E-state index < -0.39 is 5.79 Å². The molecule has 1 amide bonds. The number of carbonyl (C=O) groups excluding carboxylic acids is 1. The molecular formula is C24H32N4O4. The first kappa shape index (κ1) is 21.4. The molecule has 8 heteroatoms. The number of ether oxygens (including phenoxy) is 2. The number of hydrogen-bond acceptors (Lipinski definition) is 7. The van der Waals surface area contributed by atoms with E-state index >= 15 is 0 Å². The summed E-state index contributed by atoms with van der Waals surface area (Å²) in [5.41, 5.74) is 2.17. The standard InChI is InChI=1S/C24H32N4O4/c1-18-8-12-27(13-9-18)20-4-2-19(3-5-20)23-25-21(32-26-23)6-7-22(29)28-14-10-24(11-15-28)30-16-17-31-24/h2-5,18H,6-17H2,1H3. The van der Waals surface area contributed by atoms with Crippen LogP contribution in [0.2, 0.25) is 0 Å². The molecule has 1 spiro atoms. The van der Waals surface area contributed by atoms with E-state index in [4.69, 9.17) is 14.0 Å². The first-order valence-corrected chi connectivity index (χ1v) is 11.8. The predicted octanol–water partition coefficient (Wildman–Crippen LogP) is 3.27. The summed E-state index contributed by atoms with van der Waals surface area (Å²) in [5.74, 6) is 1.54. The molecule has 0 saturated carbocycles. The molecule has 0 atom stereocenters. The lowest BCUT2D eigenvalue weighted by molar-refractivity contribution is -0.187. The molecule has 0 bridgehead atoms. The summed E-state index contributed by atoms with van der Waals surface area (Å²) in [6.07, 6.45) is 4.77. The molecule has 8 nitrogen and oxygen atoms in total. The van der Waals surface area contributed by atoms with Crippen LogP contribution in [0.25, 0.3) is 11.4 Å². The van der Waals surface area contributed by atoms with Crippen LogP contribution in [0.3, 0.4) is 0 Å². The second kappa shape index (κ2) is 9.19. The molecule has 3 aliphatic rings. The summed E-state index contributed by atoms with van der Waals surface area (Å²) in [7, 11) is 0. The second-order valence-corrected chi connectivity index (χ2v) is 9.22. The van der Waals surface area contributed by atoms with Crippen molar-refractivity contribution in [2.45, 2.75) is 51.2 Å². The largest absolute Gasteiger partial charge is 0.372 e. The van der Waals surface area contributed by atoms with Gasteiger partial charge in [-0.1, -0.05) is 12.1 Å². The lowest BCUT2D eigenvalue weighted by Gasteiger charge is -2.37. The molecule has 32 heavy (non-hydrogen) atoms. The van der Waals surface area contributed by atoms with Crippen molar-refractivity contribution in [3.8, 4) is 11.4 Å². The minimum absolute atomic E-state index is 0.109. The van der Waals surface area contributed by atoms with E-state index in [0.29, 0.717) is 50.9 Å². The number of rotatable bonds is 5. The fourth-order valence-electron chi connectivity index (χ4n) is 4.82. The van der Waals surface area contributed by atoms with Crippen LogP contribution >= 0.6 is 0 Å². The Labute approximate surface area is 188 Å².